The van der Waals surface area contributed by atoms with Crippen molar-refractivity contribution >= 4 is 11.5 Å². The van der Waals surface area contributed by atoms with E-state index in [-0.39, 0.29) is 4.65 Å². The van der Waals surface area contributed by atoms with Crippen LogP contribution in [0.15, 0.2) is 36.0 Å². The van der Waals surface area contributed by atoms with Crippen LogP contribution in [0.3, 0.4) is 0 Å². The normalized spacial score (nSPS) is 23.0. The minimum atomic E-state index is -0.457. The lowest BCUT2D eigenvalue weighted by Crippen LogP contribution is -2.42. The number of amides is 1. The predicted octanol–water partition coefficient (Wildman–Crippen LogP) is 2.08. The molecule has 1 aromatic carbocycles. The molecule has 2 aromatic rings. The average Bonchev–Trinajstić information content (AvgIpc) is 2.92. The molecular weight excluding hydrogens is 316 g/mol. The van der Waals surface area contributed by atoms with Gasteiger partial charge in [-0.2, -0.15) is 0 Å². The topological polar surface area (TPSA) is 84.0 Å². The molecule has 4 rings (SSSR count). The fourth-order valence-electron chi connectivity index (χ4n) is 3.91. The number of benzene rings is 1. The smallest absolute Gasteiger partial charge is 0.266 e. The van der Waals surface area contributed by atoms with Crippen LogP contribution < -0.4 is 5.73 Å². The number of hydroxylamine groups is 3. The molecule has 1 fully saturated rings. The molecule has 2 aliphatic heterocycles. The van der Waals surface area contributed by atoms with Crippen molar-refractivity contribution in [3.8, 4) is 0 Å². The fraction of sp³-hybridized carbons (Fsp3) is 0.368. The van der Waals surface area contributed by atoms with Crippen molar-refractivity contribution < 1.29 is 9.44 Å². The summed E-state index contributed by atoms with van der Waals surface area (Å²) in [5.74, 6) is 0.345. The molecule has 1 amide bonds. The van der Waals surface area contributed by atoms with Crippen molar-refractivity contribution in [3.63, 3.8) is 0 Å². The number of primary amides is 1. The van der Waals surface area contributed by atoms with E-state index in [9.17, 15) is 10.0 Å². The molecule has 1 aromatic heterocycles. The van der Waals surface area contributed by atoms with Gasteiger partial charge in [-0.05, 0) is 23.1 Å². The van der Waals surface area contributed by atoms with Crippen LogP contribution >= 0.6 is 0 Å². The molecule has 0 saturated carbocycles. The van der Waals surface area contributed by atoms with Gasteiger partial charge >= 0.3 is 0 Å². The molecule has 130 valence electrons. The van der Waals surface area contributed by atoms with E-state index in [1.165, 1.54) is 16.7 Å². The van der Waals surface area contributed by atoms with Crippen molar-refractivity contribution in [2.24, 2.45) is 5.73 Å². The van der Waals surface area contributed by atoms with Crippen molar-refractivity contribution in [1.29, 1.82) is 0 Å². The van der Waals surface area contributed by atoms with E-state index in [1.54, 1.807) is 13.2 Å². The molecule has 2 aliphatic rings. The van der Waals surface area contributed by atoms with Crippen molar-refractivity contribution in [3.05, 3.63) is 63.9 Å². The Morgan fingerprint density at radius 2 is 1.96 bits per heavy atom. The van der Waals surface area contributed by atoms with E-state index in [0.29, 0.717) is 25.3 Å². The number of fused-ring (bicyclic) bond motifs is 2. The van der Waals surface area contributed by atoms with Crippen LogP contribution in [0.25, 0.3) is 5.57 Å². The standard InChI is InChI=1S/C19H22N4O2/c1-23(25)10-7-14(8-11-23)17-15-5-3-2-4-13(15)6-9-22-16(18(20)24)12-21-19(17)22/h2-5,12H,6-11H2,1H3,(H2,20,24). The first kappa shape index (κ1) is 16.1. The molecule has 0 radical (unpaired) electrons. The minimum absolute atomic E-state index is 0.195. The zero-order chi connectivity index (χ0) is 17.6. The summed E-state index contributed by atoms with van der Waals surface area (Å²) in [7, 11) is 1.73. The van der Waals surface area contributed by atoms with E-state index in [0.717, 1.165) is 30.7 Å². The number of aromatic nitrogens is 2. The number of hydrogen-bond donors (Lipinski definition) is 1. The number of likely N-dealkylation sites (tertiary alicyclic amines) is 1. The maximum atomic E-state index is 12.2. The van der Waals surface area contributed by atoms with E-state index in [4.69, 9.17) is 5.73 Å². The van der Waals surface area contributed by atoms with Gasteiger partial charge < -0.3 is 20.2 Å². The number of piperidine rings is 1. The SMILES string of the molecule is C[N+]1([O-])CCC(=C2c3ccccc3CCn3c(C(N)=O)cnc32)CC1. The Kier molecular flexibility index (Phi) is 3.74. The zero-order valence-electron chi connectivity index (χ0n) is 14.4. The monoisotopic (exact) mass is 338 g/mol. The Bertz CT molecular complexity index is 867. The number of nitrogens with two attached hydrogens (primary N) is 1. The van der Waals surface area contributed by atoms with E-state index < -0.39 is 5.91 Å². The molecule has 0 atom stereocenters. The van der Waals surface area contributed by atoms with Crippen LogP contribution in [0.2, 0.25) is 0 Å². The summed E-state index contributed by atoms with van der Waals surface area (Å²) in [6.45, 7) is 1.82. The lowest BCUT2D eigenvalue weighted by molar-refractivity contribution is -0.863. The highest BCUT2D eigenvalue weighted by atomic mass is 16.5. The van der Waals surface area contributed by atoms with E-state index >= 15 is 0 Å². The third-order valence-electron chi connectivity index (χ3n) is 5.35. The van der Waals surface area contributed by atoms with Gasteiger partial charge in [-0.1, -0.05) is 24.3 Å². The summed E-state index contributed by atoms with van der Waals surface area (Å²) in [6, 6.07) is 8.31. The van der Waals surface area contributed by atoms with Gasteiger partial charge in [-0.3, -0.25) is 4.79 Å². The Morgan fingerprint density at radius 1 is 1.24 bits per heavy atom. The van der Waals surface area contributed by atoms with Crippen LogP contribution in [0.5, 0.6) is 0 Å². The molecular formula is C19H22N4O2. The maximum Gasteiger partial charge on any atom is 0.266 e. The van der Waals surface area contributed by atoms with Crippen LogP contribution in [0, 0.1) is 5.21 Å². The highest BCUT2D eigenvalue weighted by Crippen LogP contribution is 2.36. The summed E-state index contributed by atoms with van der Waals surface area (Å²) < 4.78 is 1.74. The third kappa shape index (κ3) is 2.77. The van der Waals surface area contributed by atoms with Crippen molar-refractivity contribution in [2.45, 2.75) is 25.8 Å². The second-order valence-electron chi connectivity index (χ2n) is 7.11. The highest BCUT2D eigenvalue weighted by molar-refractivity contribution is 5.92. The number of rotatable bonds is 1. The second-order valence-corrected chi connectivity index (χ2v) is 7.11. The van der Waals surface area contributed by atoms with Crippen molar-refractivity contribution in [2.75, 3.05) is 20.1 Å². The quantitative estimate of drug-likeness (QED) is 0.638. The lowest BCUT2D eigenvalue weighted by Gasteiger charge is -2.42. The first-order chi connectivity index (χ1) is 12.0. The summed E-state index contributed by atoms with van der Waals surface area (Å²) in [6.07, 6.45) is 3.90. The van der Waals surface area contributed by atoms with Gasteiger partial charge in [-0.15, -0.1) is 0 Å². The van der Waals surface area contributed by atoms with E-state index in [2.05, 4.69) is 17.1 Å². The Morgan fingerprint density at radius 3 is 2.68 bits per heavy atom. The Balaban J connectivity index is 1.92. The van der Waals surface area contributed by atoms with E-state index in [1.807, 2.05) is 16.7 Å². The molecule has 3 heterocycles. The number of nitrogens with zero attached hydrogens (tertiary/aromatic N) is 3. The van der Waals surface area contributed by atoms with Gasteiger partial charge in [-0.25, -0.2) is 4.98 Å². The van der Waals surface area contributed by atoms with Crippen LogP contribution in [0.1, 0.15) is 40.3 Å². The molecule has 0 bridgehead atoms. The summed E-state index contributed by atoms with van der Waals surface area (Å²) in [5, 5.41) is 12.2. The Hall–Kier alpha value is -2.44. The number of hydrogen-bond acceptors (Lipinski definition) is 3. The molecule has 0 unspecified atom stereocenters. The first-order valence-corrected chi connectivity index (χ1v) is 8.68. The largest absolute Gasteiger partial charge is 0.633 e. The molecule has 1 saturated heterocycles. The highest BCUT2D eigenvalue weighted by Gasteiger charge is 2.28. The average molecular weight is 338 g/mol. The third-order valence-corrected chi connectivity index (χ3v) is 5.35. The van der Waals surface area contributed by atoms with Crippen LogP contribution in [-0.2, 0) is 13.0 Å². The fourth-order valence-corrected chi connectivity index (χ4v) is 3.91. The lowest BCUT2D eigenvalue weighted by atomic mass is 9.90. The first-order valence-electron chi connectivity index (χ1n) is 8.68. The maximum absolute atomic E-state index is 12.2. The van der Waals surface area contributed by atoms with Gasteiger partial charge in [0.1, 0.15) is 11.5 Å². The number of aryl methyl sites for hydroxylation is 1. The molecule has 2 N–H and O–H groups in total. The second kappa shape index (κ2) is 5.82. The summed E-state index contributed by atoms with van der Waals surface area (Å²) in [4.78, 5) is 16.3. The Labute approximate surface area is 146 Å². The number of quaternary nitrogens is 1. The number of carbonyl (C=O) groups is 1. The van der Waals surface area contributed by atoms with Gasteiger partial charge in [0.2, 0.25) is 0 Å². The summed E-state index contributed by atoms with van der Waals surface area (Å²) >= 11 is 0. The molecule has 0 aliphatic carbocycles. The van der Waals surface area contributed by atoms with Gasteiger partial charge in [0, 0.05) is 25.0 Å². The predicted molar refractivity (Wildman–Crippen MR) is 95.4 cm³/mol. The number of carbonyl (C=O) groups excluding carboxylic acids is 1. The summed E-state index contributed by atoms with van der Waals surface area (Å²) in [5.41, 5.74) is 10.7. The number of imidazole rings is 1. The van der Waals surface area contributed by atoms with Gasteiger partial charge in [0.15, 0.2) is 0 Å². The van der Waals surface area contributed by atoms with Crippen LogP contribution in [0.4, 0.5) is 0 Å². The van der Waals surface area contributed by atoms with Crippen LogP contribution in [-0.4, -0.2) is 40.2 Å². The van der Waals surface area contributed by atoms with Gasteiger partial charge in [0.05, 0.1) is 26.3 Å². The molecule has 25 heavy (non-hydrogen) atoms. The minimum Gasteiger partial charge on any atom is -0.633 e. The zero-order valence-corrected chi connectivity index (χ0v) is 14.4. The molecule has 0 spiro atoms. The van der Waals surface area contributed by atoms with Gasteiger partial charge in [0.25, 0.3) is 5.91 Å². The van der Waals surface area contributed by atoms with Crippen molar-refractivity contribution in [1.82, 2.24) is 9.55 Å². The molecule has 6 nitrogen and oxygen atoms in total. The molecule has 6 heteroatoms.